The number of hydrogen-bond acceptors (Lipinski definition) is 5. The monoisotopic (exact) mass is 479 g/mol. The molecule has 0 unspecified atom stereocenters. The Balaban J connectivity index is 1.34. The van der Waals surface area contributed by atoms with Gasteiger partial charge >= 0.3 is 0 Å². The molecule has 8 heteroatoms. The van der Waals surface area contributed by atoms with Crippen molar-refractivity contribution in [3.05, 3.63) is 74.6 Å². The first-order chi connectivity index (χ1) is 16.0. The average Bonchev–Trinajstić information content (AvgIpc) is 3.60. The maximum Gasteiger partial charge on any atom is 0.264 e. The molecule has 0 spiro atoms. The van der Waals surface area contributed by atoms with Crippen LogP contribution in [0.2, 0.25) is 0 Å². The van der Waals surface area contributed by atoms with E-state index in [1.165, 1.54) is 11.3 Å². The number of rotatable bonds is 4. The number of nitrogens with zero attached hydrogens (tertiary/aromatic N) is 3. The number of carbonyl (C=O) groups is 3. The predicted octanol–water partition coefficient (Wildman–Crippen LogP) is 4.20. The van der Waals surface area contributed by atoms with Crippen LogP contribution in [-0.2, 0) is 9.59 Å². The van der Waals surface area contributed by atoms with Gasteiger partial charge in [0, 0.05) is 43.2 Å². The van der Waals surface area contributed by atoms with Crippen LogP contribution in [0.3, 0.4) is 0 Å². The summed E-state index contributed by atoms with van der Waals surface area (Å²) in [5.41, 5.74) is 1.95. The third-order valence-electron chi connectivity index (χ3n) is 6.40. The quantitative estimate of drug-likeness (QED) is 0.564. The molecule has 0 aliphatic carbocycles. The Morgan fingerprint density at radius 3 is 2.18 bits per heavy atom. The Labute approximate surface area is 201 Å². The van der Waals surface area contributed by atoms with Crippen molar-refractivity contribution >= 4 is 46.1 Å². The first kappa shape index (κ1) is 21.9. The Morgan fingerprint density at radius 1 is 0.879 bits per heavy atom. The van der Waals surface area contributed by atoms with Gasteiger partial charge < -0.3 is 14.7 Å². The SMILES string of the molecule is Cc1ccc(N2C(=O)C[C@H](C(=O)N3CCN(C(=O)c4cccs4)CC3)[C@@H]2c2cccs2)cc1. The highest BCUT2D eigenvalue weighted by molar-refractivity contribution is 7.12. The third kappa shape index (κ3) is 4.20. The highest BCUT2D eigenvalue weighted by Crippen LogP contribution is 2.43. The minimum absolute atomic E-state index is 0.000385. The number of anilines is 1. The van der Waals surface area contributed by atoms with Gasteiger partial charge in [0.05, 0.1) is 16.8 Å². The number of hydrogen-bond donors (Lipinski definition) is 0. The van der Waals surface area contributed by atoms with Crippen LogP contribution in [0.5, 0.6) is 0 Å². The van der Waals surface area contributed by atoms with Crippen molar-refractivity contribution in [2.45, 2.75) is 19.4 Å². The van der Waals surface area contributed by atoms with Gasteiger partial charge in [-0.05, 0) is 41.9 Å². The van der Waals surface area contributed by atoms with E-state index < -0.39 is 5.92 Å². The van der Waals surface area contributed by atoms with E-state index in [2.05, 4.69) is 0 Å². The zero-order valence-electron chi connectivity index (χ0n) is 18.3. The lowest BCUT2D eigenvalue weighted by atomic mass is 9.96. The molecule has 0 bridgehead atoms. The maximum absolute atomic E-state index is 13.6. The summed E-state index contributed by atoms with van der Waals surface area (Å²) in [7, 11) is 0. The number of carbonyl (C=O) groups excluding carboxylic acids is 3. The highest BCUT2D eigenvalue weighted by atomic mass is 32.1. The second kappa shape index (κ2) is 9.11. The molecule has 2 saturated heterocycles. The molecule has 3 aromatic rings. The summed E-state index contributed by atoms with van der Waals surface area (Å²) in [5, 5.41) is 3.89. The van der Waals surface area contributed by atoms with E-state index >= 15 is 0 Å². The van der Waals surface area contributed by atoms with Crippen LogP contribution in [-0.4, -0.2) is 53.7 Å². The molecule has 3 amide bonds. The average molecular weight is 480 g/mol. The summed E-state index contributed by atoms with van der Waals surface area (Å²) >= 11 is 3.01. The molecule has 1 aromatic carbocycles. The number of thiophene rings is 2. The fraction of sp³-hybridized carbons (Fsp3) is 0.320. The fourth-order valence-electron chi connectivity index (χ4n) is 4.67. The Hall–Kier alpha value is -2.97. The van der Waals surface area contributed by atoms with Gasteiger partial charge in [0.1, 0.15) is 0 Å². The van der Waals surface area contributed by atoms with E-state index in [0.717, 1.165) is 21.0 Å². The van der Waals surface area contributed by atoms with Gasteiger partial charge in [-0.1, -0.05) is 29.8 Å². The van der Waals surface area contributed by atoms with Crippen LogP contribution in [0.25, 0.3) is 0 Å². The van der Waals surface area contributed by atoms with E-state index in [1.807, 2.05) is 76.0 Å². The first-order valence-corrected chi connectivity index (χ1v) is 12.8. The van der Waals surface area contributed by atoms with Crippen molar-refractivity contribution in [3.63, 3.8) is 0 Å². The molecule has 0 N–H and O–H groups in total. The zero-order chi connectivity index (χ0) is 22.9. The summed E-state index contributed by atoms with van der Waals surface area (Å²) in [6.07, 6.45) is 0.198. The molecule has 0 saturated carbocycles. The van der Waals surface area contributed by atoms with Gasteiger partial charge in [0.2, 0.25) is 11.8 Å². The van der Waals surface area contributed by atoms with Crippen LogP contribution in [0.15, 0.2) is 59.3 Å². The van der Waals surface area contributed by atoms with Crippen molar-refractivity contribution in [1.29, 1.82) is 0 Å². The molecule has 2 aromatic heterocycles. The lowest BCUT2D eigenvalue weighted by molar-refractivity contribution is -0.138. The molecule has 5 rings (SSSR count). The second-order valence-corrected chi connectivity index (χ2v) is 10.4. The molecular formula is C25H25N3O3S2. The summed E-state index contributed by atoms with van der Waals surface area (Å²) < 4.78 is 0. The smallest absolute Gasteiger partial charge is 0.264 e. The van der Waals surface area contributed by atoms with Crippen molar-refractivity contribution < 1.29 is 14.4 Å². The normalized spacial score (nSPS) is 21.0. The molecular weight excluding hydrogens is 454 g/mol. The molecule has 6 nitrogen and oxygen atoms in total. The van der Waals surface area contributed by atoms with E-state index in [0.29, 0.717) is 26.2 Å². The van der Waals surface area contributed by atoms with E-state index in [1.54, 1.807) is 16.2 Å². The Kier molecular flexibility index (Phi) is 6.03. The predicted molar refractivity (Wildman–Crippen MR) is 131 cm³/mol. The number of aryl methyl sites for hydroxylation is 1. The van der Waals surface area contributed by atoms with Crippen LogP contribution in [0, 0.1) is 12.8 Å². The van der Waals surface area contributed by atoms with E-state index in [9.17, 15) is 14.4 Å². The number of benzene rings is 1. The van der Waals surface area contributed by atoms with Gasteiger partial charge in [-0.25, -0.2) is 0 Å². The molecule has 0 radical (unpaired) electrons. The number of piperazine rings is 1. The molecule has 4 heterocycles. The lowest BCUT2D eigenvalue weighted by Gasteiger charge is -2.37. The third-order valence-corrected chi connectivity index (χ3v) is 8.20. The molecule has 2 fully saturated rings. The van der Waals surface area contributed by atoms with Crippen LogP contribution in [0.1, 0.15) is 32.6 Å². The summed E-state index contributed by atoms with van der Waals surface area (Å²) in [6.45, 7) is 4.01. The molecule has 2 atom stereocenters. The molecule has 2 aliphatic rings. The Morgan fingerprint density at radius 2 is 1.55 bits per heavy atom. The van der Waals surface area contributed by atoms with Gasteiger partial charge in [-0.2, -0.15) is 0 Å². The maximum atomic E-state index is 13.6. The van der Waals surface area contributed by atoms with Crippen molar-refractivity contribution in [1.82, 2.24) is 9.80 Å². The van der Waals surface area contributed by atoms with Crippen LogP contribution < -0.4 is 4.90 Å². The summed E-state index contributed by atoms with van der Waals surface area (Å²) in [5.74, 6) is -0.436. The summed E-state index contributed by atoms with van der Waals surface area (Å²) in [4.78, 5) is 46.6. The number of amides is 3. The molecule has 2 aliphatic heterocycles. The lowest BCUT2D eigenvalue weighted by Crippen LogP contribution is -2.52. The van der Waals surface area contributed by atoms with Gasteiger partial charge in [-0.15, -0.1) is 22.7 Å². The van der Waals surface area contributed by atoms with E-state index in [4.69, 9.17) is 0 Å². The van der Waals surface area contributed by atoms with Crippen molar-refractivity contribution in [3.8, 4) is 0 Å². The minimum Gasteiger partial charge on any atom is -0.339 e. The zero-order valence-corrected chi connectivity index (χ0v) is 20.0. The Bertz CT molecular complexity index is 1130. The van der Waals surface area contributed by atoms with Crippen molar-refractivity contribution in [2.75, 3.05) is 31.1 Å². The first-order valence-electron chi connectivity index (χ1n) is 11.1. The van der Waals surface area contributed by atoms with Gasteiger partial charge in [-0.3, -0.25) is 14.4 Å². The topological polar surface area (TPSA) is 60.9 Å². The minimum atomic E-state index is -0.433. The summed E-state index contributed by atoms with van der Waals surface area (Å²) in [6, 6.07) is 15.3. The van der Waals surface area contributed by atoms with Gasteiger partial charge in [0.25, 0.3) is 5.91 Å². The van der Waals surface area contributed by atoms with Crippen LogP contribution >= 0.6 is 22.7 Å². The van der Waals surface area contributed by atoms with Crippen LogP contribution in [0.4, 0.5) is 5.69 Å². The molecule has 170 valence electrons. The highest BCUT2D eigenvalue weighted by Gasteiger charge is 2.47. The standard InChI is InChI=1S/C25H25N3O3S2/c1-17-6-8-18(9-7-17)28-22(29)16-19(23(28)20-4-2-14-32-20)24(30)26-10-12-27(13-11-26)25(31)21-5-3-15-33-21/h2-9,14-15,19,23H,10-13,16H2,1H3/t19-,23+/m0/s1. The van der Waals surface area contributed by atoms with Gasteiger partial charge in [0.15, 0.2) is 0 Å². The fourth-order valence-corrected chi connectivity index (χ4v) is 6.24. The van der Waals surface area contributed by atoms with Crippen molar-refractivity contribution in [2.24, 2.45) is 5.92 Å². The largest absolute Gasteiger partial charge is 0.339 e. The second-order valence-electron chi connectivity index (χ2n) is 8.46. The van der Waals surface area contributed by atoms with E-state index in [-0.39, 0.29) is 30.2 Å². The molecule has 33 heavy (non-hydrogen) atoms.